The molecule has 0 saturated carbocycles. The highest BCUT2D eigenvalue weighted by Crippen LogP contribution is 2.01. The molecule has 116 valence electrons. The van der Waals surface area contributed by atoms with Crippen LogP contribution >= 0.6 is 0 Å². The predicted molar refractivity (Wildman–Crippen MR) is 83.2 cm³/mol. The smallest absolute Gasteiger partial charge is 0.251 e. The number of rotatable bonds is 5. The lowest BCUT2D eigenvalue weighted by atomic mass is 10.2. The summed E-state index contributed by atoms with van der Waals surface area (Å²) in [5, 5.41) is 10.8. The highest BCUT2D eigenvalue weighted by Gasteiger charge is 2.07. The van der Waals surface area contributed by atoms with E-state index in [2.05, 4.69) is 25.6 Å². The Kier molecular flexibility index (Phi) is 4.23. The van der Waals surface area contributed by atoms with Crippen LogP contribution in [0.4, 0.5) is 5.82 Å². The van der Waals surface area contributed by atoms with Crippen LogP contribution in [0.3, 0.4) is 0 Å². The van der Waals surface area contributed by atoms with Gasteiger partial charge in [-0.15, -0.1) is 5.10 Å². The van der Waals surface area contributed by atoms with Gasteiger partial charge < -0.3 is 11.1 Å². The number of amides is 1. The van der Waals surface area contributed by atoms with Crippen LogP contribution in [-0.2, 0) is 13.1 Å². The zero-order chi connectivity index (χ0) is 16.1. The fraction of sp³-hybridized carbons (Fsp3) is 0.133. The molecule has 2 heterocycles. The number of nitrogens with two attached hydrogens (primary N) is 1. The summed E-state index contributed by atoms with van der Waals surface area (Å²) in [5.74, 6) is 0.805. The van der Waals surface area contributed by atoms with E-state index in [1.807, 2.05) is 18.2 Å². The first-order valence-electron chi connectivity index (χ1n) is 7.00. The lowest BCUT2D eigenvalue weighted by Crippen LogP contribution is -2.22. The molecule has 3 rings (SSSR count). The molecule has 0 aliphatic carbocycles. The van der Waals surface area contributed by atoms with Crippen molar-refractivity contribution in [2.75, 3.05) is 5.73 Å². The molecule has 1 aromatic carbocycles. The number of hydrogen-bond acceptors (Lipinski definition) is 6. The van der Waals surface area contributed by atoms with Gasteiger partial charge in [0.2, 0.25) is 0 Å². The molecular weight excluding hydrogens is 294 g/mol. The molecule has 1 amide bonds. The molecule has 0 aliphatic rings. The van der Waals surface area contributed by atoms with E-state index in [9.17, 15) is 4.79 Å². The highest BCUT2D eigenvalue weighted by molar-refractivity contribution is 5.93. The molecule has 0 radical (unpaired) electrons. The van der Waals surface area contributed by atoms with Gasteiger partial charge >= 0.3 is 0 Å². The van der Waals surface area contributed by atoms with Crippen LogP contribution in [0, 0.1) is 0 Å². The second-order valence-corrected chi connectivity index (χ2v) is 4.85. The maximum atomic E-state index is 12.0. The third kappa shape index (κ3) is 3.88. The number of aromatic nitrogens is 5. The molecule has 0 bridgehead atoms. The molecule has 3 aromatic rings. The maximum Gasteiger partial charge on any atom is 0.251 e. The Balaban J connectivity index is 1.58. The van der Waals surface area contributed by atoms with Crippen LogP contribution in [0.25, 0.3) is 0 Å². The summed E-state index contributed by atoms with van der Waals surface area (Å²) in [6.45, 7) is 0.663. The van der Waals surface area contributed by atoms with Gasteiger partial charge in [0.15, 0.2) is 5.82 Å². The minimum Gasteiger partial charge on any atom is -0.384 e. The Morgan fingerprint density at radius 2 is 2.04 bits per heavy atom. The summed E-state index contributed by atoms with van der Waals surface area (Å²) in [6.07, 6.45) is 3.33. The van der Waals surface area contributed by atoms with Crippen molar-refractivity contribution in [3.8, 4) is 0 Å². The Labute approximate surface area is 132 Å². The fourth-order valence-corrected chi connectivity index (χ4v) is 2.00. The van der Waals surface area contributed by atoms with Crippen LogP contribution in [-0.4, -0.2) is 30.9 Å². The Bertz CT molecular complexity index is 800. The largest absolute Gasteiger partial charge is 0.384 e. The molecule has 2 aromatic heterocycles. The van der Waals surface area contributed by atoms with Crippen LogP contribution in [0.1, 0.15) is 21.9 Å². The number of nitrogens with zero attached hydrogens (tertiary/aromatic N) is 5. The van der Waals surface area contributed by atoms with E-state index >= 15 is 0 Å². The molecule has 23 heavy (non-hydrogen) atoms. The van der Waals surface area contributed by atoms with Gasteiger partial charge in [-0.1, -0.05) is 23.4 Å². The van der Waals surface area contributed by atoms with Crippen molar-refractivity contribution in [3.63, 3.8) is 0 Å². The number of carbonyl (C=O) groups excluding carboxylic acids is 1. The third-order valence-electron chi connectivity index (χ3n) is 3.08. The van der Waals surface area contributed by atoms with Gasteiger partial charge in [0, 0.05) is 11.8 Å². The van der Waals surface area contributed by atoms with Crippen LogP contribution in [0.5, 0.6) is 0 Å². The first-order chi connectivity index (χ1) is 11.2. The molecule has 0 saturated heterocycles. The fourth-order valence-electron chi connectivity index (χ4n) is 2.00. The molecule has 3 N–H and O–H groups in total. The SMILES string of the molecule is Nc1ccnc(Cn2cc(CNC(=O)c3ccccc3)nn2)n1. The monoisotopic (exact) mass is 309 g/mol. The quantitative estimate of drug-likeness (QED) is 0.715. The molecule has 0 atom stereocenters. The second kappa shape index (κ2) is 6.65. The van der Waals surface area contributed by atoms with Crippen LogP contribution in [0.15, 0.2) is 48.8 Å². The first kappa shape index (κ1) is 14.6. The van der Waals surface area contributed by atoms with Gasteiger partial charge in [0.1, 0.15) is 18.1 Å². The Hall–Kier alpha value is -3.29. The van der Waals surface area contributed by atoms with Crippen molar-refractivity contribution in [1.82, 2.24) is 30.3 Å². The summed E-state index contributed by atoms with van der Waals surface area (Å²) < 4.78 is 1.60. The van der Waals surface area contributed by atoms with Crippen molar-refractivity contribution >= 4 is 11.7 Å². The summed E-state index contributed by atoms with van der Waals surface area (Å²) in [4.78, 5) is 20.2. The van der Waals surface area contributed by atoms with Crippen molar-refractivity contribution in [3.05, 3.63) is 65.9 Å². The molecule has 0 fully saturated rings. The van der Waals surface area contributed by atoms with Crippen molar-refractivity contribution in [2.45, 2.75) is 13.1 Å². The minimum absolute atomic E-state index is 0.153. The molecule has 0 spiro atoms. The second-order valence-electron chi connectivity index (χ2n) is 4.85. The molecule has 0 aliphatic heterocycles. The van der Waals surface area contributed by atoms with Crippen LogP contribution in [0.2, 0.25) is 0 Å². The predicted octanol–water partition coefficient (Wildman–Crippen LogP) is 0.629. The van der Waals surface area contributed by atoms with E-state index < -0.39 is 0 Å². The minimum atomic E-state index is -0.153. The Morgan fingerprint density at radius 1 is 1.22 bits per heavy atom. The zero-order valence-electron chi connectivity index (χ0n) is 12.3. The average molecular weight is 309 g/mol. The number of nitrogens with one attached hydrogen (secondary N) is 1. The van der Waals surface area contributed by atoms with Crippen LogP contribution < -0.4 is 11.1 Å². The average Bonchev–Trinajstić information content (AvgIpc) is 3.01. The molecule has 8 nitrogen and oxygen atoms in total. The van der Waals surface area contributed by atoms with Gasteiger partial charge in [-0.2, -0.15) is 0 Å². The van der Waals surface area contributed by atoms with Gasteiger partial charge in [0.05, 0.1) is 12.7 Å². The van der Waals surface area contributed by atoms with E-state index in [4.69, 9.17) is 5.73 Å². The van der Waals surface area contributed by atoms with Crippen molar-refractivity contribution in [1.29, 1.82) is 0 Å². The summed E-state index contributed by atoms with van der Waals surface area (Å²) >= 11 is 0. The molecule has 8 heteroatoms. The Morgan fingerprint density at radius 3 is 2.83 bits per heavy atom. The normalized spacial score (nSPS) is 10.4. The number of hydrogen-bond donors (Lipinski definition) is 2. The van der Waals surface area contributed by atoms with Gasteiger partial charge in [-0.3, -0.25) is 4.79 Å². The lowest BCUT2D eigenvalue weighted by molar-refractivity contribution is 0.0950. The van der Waals surface area contributed by atoms with Gasteiger partial charge in [-0.25, -0.2) is 14.6 Å². The van der Waals surface area contributed by atoms with Gasteiger partial charge in [0.25, 0.3) is 5.91 Å². The zero-order valence-corrected chi connectivity index (χ0v) is 12.3. The number of carbonyl (C=O) groups is 1. The maximum absolute atomic E-state index is 12.0. The van der Waals surface area contributed by atoms with Crippen molar-refractivity contribution in [2.24, 2.45) is 0 Å². The summed E-state index contributed by atoms with van der Waals surface area (Å²) in [5.41, 5.74) is 6.87. The highest BCUT2D eigenvalue weighted by atomic mass is 16.1. The number of nitrogen functional groups attached to an aromatic ring is 1. The van der Waals surface area contributed by atoms with Gasteiger partial charge in [-0.05, 0) is 18.2 Å². The van der Waals surface area contributed by atoms with E-state index in [-0.39, 0.29) is 5.91 Å². The lowest BCUT2D eigenvalue weighted by Gasteiger charge is -2.02. The summed E-state index contributed by atoms with van der Waals surface area (Å²) in [6, 6.07) is 10.6. The van der Waals surface area contributed by atoms with E-state index in [0.29, 0.717) is 36.0 Å². The van der Waals surface area contributed by atoms with E-state index in [1.54, 1.807) is 35.3 Å². The third-order valence-corrected chi connectivity index (χ3v) is 3.08. The number of benzene rings is 1. The standard InChI is InChI=1S/C15H15N7O/c16-13-6-7-17-14(19-13)10-22-9-12(20-21-22)8-18-15(23)11-4-2-1-3-5-11/h1-7,9H,8,10H2,(H,18,23)(H2,16,17,19). The van der Waals surface area contributed by atoms with E-state index in [1.165, 1.54) is 0 Å². The molecular formula is C15H15N7O. The number of anilines is 1. The van der Waals surface area contributed by atoms with E-state index in [0.717, 1.165) is 0 Å². The van der Waals surface area contributed by atoms with Crippen molar-refractivity contribution < 1.29 is 4.79 Å². The topological polar surface area (TPSA) is 112 Å². The first-order valence-corrected chi connectivity index (χ1v) is 7.00. The molecule has 0 unspecified atom stereocenters. The summed E-state index contributed by atoms with van der Waals surface area (Å²) in [7, 11) is 0.